The molecule has 1 atom stereocenters. The van der Waals surface area contributed by atoms with Crippen LogP contribution >= 0.6 is 0 Å². The smallest absolute Gasteiger partial charge is 0.251 e. The van der Waals surface area contributed by atoms with Gasteiger partial charge in [-0.2, -0.15) is 0 Å². The van der Waals surface area contributed by atoms with Crippen molar-refractivity contribution in [3.05, 3.63) is 29.8 Å². The van der Waals surface area contributed by atoms with Gasteiger partial charge in [0.15, 0.2) is 0 Å². The lowest BCUT2D eigenvalue weighted by Crippen LogP contribution is -2.38. The van der Waals surface area contributed by atoms with Gasteiger partial charge in [0.05, 0.1) is 6.61 Å². The van der Waals surface area contributed by atoms with E-state index in [0.717, 1.165) is 25.2 Å². The number of hydrogen-bond donors (Lipinski definition) is 2. The number of nitrogens with one attached hydrogen (secondary N) is 1. The zero-order valence-electron chi connectivity index (χ0n) is 12.1. The van der Waals surface area contributed by atoms with E-state index < -0.39 is 0 Å². The van der Waals surface area contributed by atoms with Crippen LogP contribution in [0.25, 0.3) is 0 Å². The van der Waals surface area contributed by atoms with Crippen LogP contribution in [-0.2, 0) is 0 Å². The second-order valence-electron chi connectivity index (χ2n) is 5.44. The van der Waals surface area contributed by atoms with E-state index in [2.05, 4.69) is 12.2 Å². The van der Waals surface area contributed by atoms with Crippen LogP contribution in [0.1, 0.15) is 43.0 Å². The molecule has 1 aliphatic rings. The number of nitrogens with two attached hydrogens (primary N) is 1. The lowest BCUT2D eigenvalue weighted by Gasteiger charge is -2.12. The summed E-state index contributed by atoms with van der Waals surface area (Å²) in [4.78, 5) is 12.0. The van der Waals surface area contributed by atoms with Crippen LogP contribution in [0, 0.1) is 5.92 Å². The summed E-state index contributed by atoms with van der Waals surface area (Å²) < 4.78 is 5.57. The van der Waals surface area contributed by atoms with Gasteiger partial charge in [-0.25, -0.2) is 0 Å². The average Bonchev–Trinajstić information content (AvgIpc) is 3.30. The van der Waals surface area contributed by atoms with Crippen molar-refractivity contribution in [2.75, 3.05) is 13.2 Å². The molecule has 0 bridgehead atoms. The topological polar surface area (TPSA) is 64.3 Å². The average molecular weight is 276 g/mol. The monoisotopic (exact) mass is 276 g/mol. The first-order valence-corrected chi connectivity index (χ1v) is 7.47. The van der Waals surface area contributed by atoms with Crippen molar-refractivity contribution >= 4 is 5.91 Å². The van der Waals surface area contributed by atoms with E-state index in [1.165, 1.54) is 12.8 Å². The first kappa shape index (κ1) is 14.9. The minimum atomic E-state index is -0.0683. The van der Waals surface area contributed by atoms with Gasteiger partial charge in [0, 0.05) is 18.2 Å². The zero-order valence-corrected chi connectivity index (χ0v) is 12.1. The van der Waals surface area contributed by atoms with Crippen LogP contribution in [0.15, 0.2) is 24.3 Å². The van der Waals surface area contributed by atoms with Crippen molar-refractivity contribution in [1.29, 1.82) is 0 Å². The van der Waals surface area contributed by atoms with Crippen LogP contribution in [-0.4, -0.2) is 25.1 Å². The van der Waals surface area contributed by atoms with Crippen molar-refractivity contribution in [3.8, 4) is 5.75 Å². The number of hydrogen-bond acceptors (Lipinski definition) is 3. The van der Waals surface area contributed by atoms with Crippen LogP contribution in [0.3, 0.4) is 0 Å². The Balaban J connectivity index is 1.77. The first-order chi connectivity index (χ1) is 9.70. The zero-order chi connectivity index (χ0) is 14.4. The summed E-state index contributed by atoms with van der Waals surface area (Å²) in [7, 11) is 0. The third-order valence-corrected chi connectivity index (χ3v) is 3.61. The molecule has 2 rings (SSSR count). The Bertz CT molecular complexity index is 427. The van der Waals surface area contributed by atoms with Gasteiger partial charge in [-0.1, -0.05) is 13.3 Å². The maximum atomic E-state index is 12.0. The van der Waals surface area contributed by atoms with Gasteiger partial charge in [0.25, 0.3) is 5.91 Å². The Kier molecular flexibility index (Phi) is 5.41. The van der Waals surface area contributed by atoms with Gasteiger partial charge < -0.3 is 15.8 Å². The second kappa shape index (κ2) is 7.29. The van der Waals surface area contributed by atoms with E-state index in [-0.39, 0.29) is 11.9 Å². The molecule has 1 aromatic rings. The van der Waals surface area contributed by atoms with Crippen LogP contribution in [0.2, 0.25) is 0 Å². The minimum Gasteiger partial charge on any atom is -0.494 e. The fourth-order valence-corrected chi connectivity index (χ4v) is 2.04. The van der Waals surface area contributed by atoms with Gasteiger partial charge in [-0.3, -0.25) is 4.79 Å². The molecule has 1 amide bonds. The molecule has 0 aromatic heterocycles. The predicted octanol–water partition coefficient (Wildman–Crippen LogP) is 2.33. The fraction of sp³-hybridized carbons (Fsp3) is 0.562. The Morgan fingerprint density at radius 2 is 2.10 bits per heavy atom. The number of carbonyl (C=O) groups is 1. The highest BCUT2D eigenvalue weighted by atomic mass is 16.5. The van der Waals surface area contributed by atoms with Crippen LogP contribution in [0.5, 0.6) is 5.75 Å². The number of benzene rings is 1. The van der Waals surface area contributed by atoms with Gasteiger partial charge in [0.1, 0.15) is 5.75 Å². The van der Waals surface area contributed by atoms with Crippen molar-refractivity contribution in [3.63, 3.8) is 0 Å². The van der Waals surface area contributed by atoms with E-state index in [1.54, 1.807) is 12.1 Å². The van der Waals surface area contributed by atoms with Gasteiger partial charge in [0.2, 0.25) is 0 Å². The summed E-state index contributed by atoms with van der Waals surface area (Å²) in [6.07, 6.45) is 4.55. The molecule has 3 N–H and O–H groups in total. The molecule has 0 heterocycles. The van der Waals surface area contributed by atoms with Crippen LogP contribution < -0.4 is 15.8 Å². The third-order valence-electron chi connectivity index (χ3n) is 3.61. The molecule has 1 saturated carbocycles. The Morgan fingerprint density at radius 1 is 1.40 bits per heavy atom. The maximum absolute atomic E-state index is 12.0. The normalized spacial score (nSPS) is 15.7. The molecule has 0 aliphatic heterocycles. The highest BCUT2D eigenvalue weighted by Gasteiger charge is 2.28. The quantitative estimate of drug-likeness (QED) is 0.716. The Morgan fingerprint density at radius 3 is 2.70 bits per heavy atom. The molecule has 0 saturated heterocycles. The molecular formula is C16H24N2O2. The highest BCUT2D eigenvalue weighted by Crippen LogP contribution is 2.31. The summed E-state index contributed by atoms with van der Waals surface area (Å²) in [5.41, 5.74) is 6.61. The highest BCUT2D eigenvalue weighted by molar-refractivity contribution is 5.94. The number of amides is 1. The largest absolute Gasteiger partial charge is 0.494 e. The summed E-state index contributed by atoms with van der Waals surface area (Å²) in [6, 6.07) is 7.35. The molecular weight excluding hydrogens is 252 g/mol. The van der Waals surface area contributed by atoms with E-state index in [0.29, 0.717) is 18.0 Å². The molecule has 1 aromatic carbocycles. The van der Waals surface area contributed by atoms with Crippen molar-refractivity contribution in [1.82, 2.24) is 5.32 Å². The van der Waals surface area contributed by atoms with Crippen molar-refractivity contribution in [2.45, 2.75) is 38.6 Å². The SMILES string of the molecule is CCCCOc1ccc(C(=O)NCC(N)C2CC2)cc1. The van der Waals surface area contributed by atoms with Gasteiger partial charge >= 0.3 is 0 Å². The van der Waals surface area contributed by atoms with Gasteiger partial charge in [-0.05, 0) is 49.4 Å². The molecule has 0 radical (unpaired) electrons. The molecule has 0 spiro atoms. The lowest BCUT2D eigenvalue weighted by atomic mass is 10.1. The summed E-state index contributed by atoms with van der Waals surface area (Å²) >= 11 is 0. The standard InChI is InChI=1S/C16H24N2O2/c1-2-3-10-20-14-8-6-13(7-9-14)16(19)18-11-15(17)12-4-5-12/h6-9,12,15H,2-5,10-11,17H2,1H3,(H,18,19). The maximum Gasteiger partial charge on any atom is 0.251 e. The van der Waals surface area contributed by atoms with E-state index in [9.17, 15) is 4.79 Å². The number of carbonyl (C=O) groups excluding carboxylic acids is 1. The van der Waals surface area contributed by atoms with E-state index in [4.69, 9.17) is 10.5 Å². The summed E-state index contributed by atoms with van der Waals surface area (Å²) in [5.74, 6) is 1.34. The molecule has 4 heteroatoms. The molecule has 1 fully saturated rings. The van der Waals surface area contributed by atoms with Crippen molar-refractivity contribution in [2.24, 2.45) is 11.7 Å². The van der Waals surface area contributed by atoms with Crippen molar-refractivity contribution < 1.29 is 9.53 Å². The van der Waals surface area contributed by atoms with Gasteiger partial charge in [-0.15, -0.1) is 0 Å². The molecule has 4 nitrogen and oxygen atoms in total. The number of unbranched alkanes of at least 4 members (excludes halogenated alkanes) is 1. The lowest BCUT2D eigenvalue weighted by molar-refractivity contribution is 0.0950. The second-order valence-corrected chi connectivity index (χ2v) is 5.44. The molecule has 1 aliphatic carbocycles. The van der Waals surface area contributed by atoms with E-state index >= 15 is 0 Å². The van der Waals surface area contributed by atoms with Crippen LogP contribution in [0.4, 0.5) is 0 Å². The predicted molar refractivity (Wildman–Crippen MR) is 79.9 cm³/mol. The minimum absolute atomic E-state index is 0.0683. The number of rotatable bonds is 8. The summed E-state index contributed by atoms with van der Waals surface area (Å²) in [6.45, 7) is 3.40. The molecule has 110 valence electrons. The van der Waals surface area contributed by atoms with E-state index in [1.807, 2.05) is 12.1 Å². The molecule has 1 unspecified atom stereocenters. The summed E-state index contributed by atoms with van der Waals surface area (Å²) in [5, 5.41) is 2.89. The first-order valence-electron chi connectivity index (χ1n) is 7.47. The fourth-order valence-electron chi connectivity index (χ4n) is 2.04. The third kappa shape index (κ3) is 4.53. The Labute approximate surface area is 120 Å². The Hall–Kier alpha value is -1.55. The number of ether oxygens (including phenoxy) is 1. The molecule has 20 heavy (non-hydrogen) atoms.